The molecular weight excluding hydrogens is 193 g/mol. The van der Waals surface area contributed by atoms with Gasteiger partial charge in [0.05, 0.1) is 5.69 Å². The topological polar surface area (TPSA) is 51.8 Å². The highest BCUT2D eigenvalue weighted by Crippen LogP contribution is 2.24. The fourth-order valence-electron chi connectivity index (χ4n) is 1.43. The molecule has 1 heterocycles. The highest BCUT2D eigenvalue weighted by atomic mass is 19.1. The molecule has 0 spiro atoms. The van der Waals surface area contributed by atoms with Crippen molar-refractivity contribution in [1.82, 2.24) is 9.97 Å². The Bertz CT molecular complexity index is 497. The van der Waals surface area contributed by atoms with Crippen LogP contribution in [-0.2, 0) is 0 Å². The molecule has 0 fully saturated rings. The van der Waals surface area contributed by atoms with Gasteiger partial charge >= 0.3 is 0 Å². The van der Waals surface area contributed by atoms with Gasteiger partial charge in [0.1, 0.15) is 5.82 Å². The molecule has 1 aromatic heterocycles. The summed E-state index contributed by atoms with van der Waals surface area (Å²) in [5.74, 6) is -0.0819. The number of nitrogens with zero attached hydrogens (tertiary/aromatic N) is 2. The van der Waals surface area contributed by atoms with Crippen molar-refractivity contribution in [2.45, 2.75) is 6.92 Å². The van der Waals surface area contributed by atoms with E-state index in [0.717, 1.165) is 0 Å². The van der Waals surface area contributed by atoms with E-state index in [4.69, 9.17) is 5.73 Å². The van der Waals surface area contributed by atoms with Crippen LogP contribution >= 0.6 is 0 Å². The number of benzene rings is 1. The molecule has 0 saturated heterocycles. The number of halogens is 1. The van der Waals surface area contributed by atoms with Gasteiger partial charge in [0.2, 0.25) is 5.95 Å². The average molecular weight is 203 g/mol. The minimum absolute atomic E-state index is 0.201. The third-order valence-corrected chi connectivity index (χ3v) is 2.16. The summed E-state index contributed by atoms with van der Waals surface area (Å²) >= 11 is 0. The number of hydrogen-bond acceptors (Lipinski definition) is 3. The van der Waals surface area contributed by atoms with E-state index < -0.39 is 0 Å². The molecule has 0 unspecified atom stereocenters. The summed E-state index contributed by atoms with van der Waals surface area (Å²) in [6.07, 6.45) is 1.54. The number of aryl methyl sites for hydroxylation is 1. The maximum absolute atomic E-state index is 13.5. The highest BCUT2D eigenvalue weighted by Gasteiger charge is 2.08. The van der Waals surface area contributed by atoms with Crippen molar-refractivity contribution in [3.8, 4) is 11.1 Å². The molecule has 2 rings (SSSR count). The van der Waals surface area contributed by atoms with Gasteiger partial charge in [-0.2, -0.15) is 0 Å². The standard InChI is InChI=1S/C11H10FN3/c1-7-9(6-14-11(13)15-7)8-4-2-3-5-10(8)12/h2-6H,1H3,(H2,13,14,15). The Balaban J connectivity index is 2.60. The van der Waals surface area contributed by atoms with Gasteiger partial charge in [-0.15, -0.1) is 0 Å². The van der Waals surface area contributed by atoms with E-state index in [1.807, 2.05) is 0 Å². The molecule has 0 bridgehead atoms. The fourth-order valence-corrected chi connectivity index (χ4v) is 1.43. The summed E-state index contributed by atoms with van der Waals surface area (Å²) in [5, 5.41) is 0. The van der Waals surface area contributed by atoms with E-state index in [1.165, 1.54) is 12.3 Å². The molecule has 0 radical (unpaired) electrons. The Morgan fingerprint density at radius 2 is 1.93 bits per heavy atom. The molecule has 3 nitrogen and oxygen atoms in total. The molecule has 0 atom stereocenters. The maximum atomic E-state index is 13.5. The third kappa shape index (κ3) is 1.79. The largest absolute Gasteiger partial charge is 0.368 e. The zero-order valence-corrected chi connectivity index (χ0v) is 8.24. The molecule has 4 heteroatoms. The number of hydrogen-bond donors (Lipinski definition) is 1. The Kier molecular flexibility index (Phi) is 2.33. The van der Waals surface area contributed by atoms with Gasteiger partial charge in [-0.05, 0) is 13.0 Å². The first-order valence-corrected chi connectivity index (χ1v) is 4.52. The van der Waals surface area contributed by atoms with Gasteiger partial charge in [-0.1, -0.05) is 18.2 Å². The first kappa shape index (κ1) is 9.58. The van der Waals surface area contributed by atoms with Crippen LogP contribution in [-0.4, -0.2) is 9.97 Å². The number of nitrogens with two attached hydrogens (primary N) is 1. The van der Waals surface area contributed by atoms with E-state index in [9.17, 15) is 4.39 Å². The molecule has 15 heavy (non-hydrogen) atoms. The van der Waals surface area contributed by atoms with Crippen LogP contribution in [0.15, 0.2) is 30.5 Å². The smallest absolute Gasteiger partial charge is 0.220 e. The van der Waals surface area contributed by atoms with Gasteiger partial charge in [0.15, 0.2) is 0 Å². The summed E-state index contributed by atoms with van der Waals surface area (Å²) in [5.41, 5.74) is 7.27. The Hall–Kier alpha value is -1.97. The molecule has 2 aromatic rings. The highest BCUT2D eigenvalue weighted by molar-refractivity contribution is 5.65. The second-order valence-electron chi connectivity index (χ2n) is 3.21. The van der Waals surface area contributed by atoms with Crippen molar-refractivity contribution in [2.75, 3.05) is 5.73 Å². The molecule has 2 N–H and O–H groups in total. The molecule has 0 aliphatic heterocycles. The summed E-state index contributed by atoms with van der Waals surface area (Å²) < 4.78 is 13.5. The van der Waals surface area contributed by atoms with Crippen LogP contribution in [0.2, 0.25) is 0 Å². The number of anilines is 1. The lowest BCUT2D eigenvalue weighted by Gasteiger charge is -2.05. The van der Waals surface area contributed by atoms with E-state index in [1.54, 1.807) is 25.1 Å². The van der Waals surface area contributed by atoms with Crippen LogP contribution in [0.5, 0.6) is 0 Å². The zero-order valence-electron chi connectivity index (χ0n) is 8.24. The molecule has 0 amide bonds. The van der Waals surface area contributed by atoms with Crippen LogP contribution < -0.4 is 5.73 Å². The number of nitrogen functional groups attached to an aromatic ring is 1. The molecule has 76 valence electrons. The number of aromatic nitrogens is 2. The van der Waals surface area contributed by atoms with Crippen LogP contribution in [0.25, 0.3) is 11.1 Å². The van der Waals surface area contributed by atoms with Crippen LogP contribution in [0, 0.1) is 12.7 Å². The normalized spacial score (nSPS) is 10.3. The second-order valence-corrected chi connectivity index (χ2v) is 3.21. The van der Waals surface area contributed by atoms with Crippen molar-refractivity contribution in [3.63, 3.8) is 0 Å². The molecular formula is C11H10FN3. The zero-order chi connectivity index (χ0) is 10.8. The van der Waals surface area contributed by atoms with E-state index >= 15 is 0 Å². The van der Waals surface area contributed by atoms with Crippen molar-refractivity contribution in [3.05, 3.63) is 42.0 Å². The van der Waals surface area contributed by atoms with Gasteiger partial charge in [0.25, 0.3) is 0 Å². The van der Waals surface area contributed by atoms with Gasteiger partial charge in [0, 0.05) is 17.3 Å². The van der Waals surface area contributed by atoms with Crippen LogP contribution in [0.1, 0.15) is 5.69 Å². The quantitative estimate of drug-likeness (QED) is 0.772. The van der Waals surface area contributed by atoms with E-state index in [2.05, 4.69) is 9.97 Å². The second kappa shape index (κ2) is 3.65. The summed E-state index contributed by atoms with van der Waals surface area (Å²) in [7, 11) is 0. The molecule has 0 aliphatic carbocycles. The summed E-state index contributed by atoms with van der Waals surface area (Å²) in [6.45, 7) is 1.78. The van der Waals surface area contributed by atoms with Gasteiger partial charge in [-0.25, -0.2) is 14.4 Å². The van der Waals surface area contributed by atoms with Crippen LogP contribution in [0.4, 0.5) is 10.3 Å². The first-order valence-electron chi connectivity index (χ1n) is 4.52. The summed E-state index contributed by atoms with van der Waals surface area (Å²) in [4.78, 5) is 7.85. The predicted molar refractivity (Wildman–Crippen MR) is 56.6 cm³/mol. The van der Waals surface area contributed by atoms with E-state index in [-0.39, 0.29) is 11.8 Å². The molecule has 0 saturated carbocycles. The predicted octanol–water partition coefficient (Wildman–Crippen LogP) is 2.17. The lowest BCUT2D eigenvalue weighted by atomic mass is 10.1. The minimum Gasteiger partial charge on any atom is -0.368 e. The van der Waals surface area contributed by atoms with Crippen molar-refractivity contribution in [1.29, 1.82) is 0 Å². The lowest BCUT2D eigenvalue weighted by molar-refractivity contribution is 0.631. The van der Waals surface area contributed by atoms with E-state index in [0.29, 0.717) is 16.8 Å². The van der Waals surface area contributed by atoms with Gasteiger partial charge in [-0.3, -0.25) is 0 Å². The SMILES string of the molecule is Cc1nc(N)ncc1-c1ccccc1F. The van der Waals surface area contributed by atoms with Crippen molar-refractivity contribution < 1.29 is 4.39 Å². The average Bonchev–Trinajstić information content (AvgIpc) is 2.20. The fraction of sp³-hybridized carbons (Fsp3) is 0.0909. The lowest BCUT2D eigenvalue weighted by Crippen LogP contribution is -1.98. The Morgan fingerprint density at radius 1 is 1.20 bits per heavy atom. The van der Waals surface area contributed by atoms with Gasteiger partial charge < -0.3 is 5.73 Å². The Morgan fingerprint density at radius 3 is 2.60 bits per heavy atom. The maximum Gasteiger partial charge on any atom is 0.220 e. The Labute approximate surface area is 86.8 Å². The summed E-state index contributed by atoms with van der Waals surface area (Å²) in [6, 6.07) is 6.52. The molecule has 0 aliphatic rings. The number of rotatable bonds is 1. The minimum atomic E-state index is -0.283. The molecule has 1 aromatic carbocycles. The van der Waals surface area contributed by atoms with Crippen molar-refractivity contribution >= 4 is 5.95 Å². The monoisotopic (exact) mass is 203 g/mol. The third-order valence-electron chi connectivity index (χ3n) is 2.16. The van der Waals surface area contributed by atoms with Crippen molar-refractivity contribution in [2.24, 2.45) is 0 Å². The van der Waals surface area contributed by atoms with Crippen LogP contribution in [0.3, 0.4) is 0 Å². The first-order chi connectivity index (χ1) is 7.18.